The molecule has 0 aliphatic rings. The minimum Gasteiger partial charge on any atom is -0.493 e. The summed E-state index contributed by atoms with van der Waals surface area (Å²) in [6.07, 6.45) is 1.73. The van der Waals surface area contributed by atoms with Crippen LogP contribution in [0.4, 0.5) is 5.69 Å². The molecule has 0 saturated carbocycles. The van der Waals surface area contributed by atoms with Crippen LogP contribution < -0.4 is 24.8 Å². The van der Waals surface area contributed by atoms with Gasteiger partial charge in [0.15, 0.2) is 17.5 Å². The van der Waals surface area contributed by atoms with Crippen molar-refractivity contribution in [2.75, 3.05) is 26.1 Å². The highest BCUT2D eigenvalue weighted by Gasteiger charge is 2.09. The van der Waals surface area contributed by atoms with E-state index in [1.807, 2.05) is 67.6 Å². The summed E-state index contributed by atoms with van der Waals surface area (Å²) in [6, 6.07) is 19.5. The molecule has 3 rings (SSSR count). The highest BCUT2D eigenvalue weighted by Crippen LogP contribution is 2.30. The minimum atomic E-state index is 0. The van der Waals surface area contributed by atoms with E-state index >= 15 is 0 Å². The molecule has 0 aliphatic heterocycles. The second-order valence-corrected chi connectivity index (χ2v) is 6.59. The standard InChI is InChI=1S/C24H28N4O3.HI/c1-4-30-21-13-12-20(15-22(21)29-3)28-24(25-2)27-16-19-11-8-14-26-23(19)31-17-18-9-6-5-7-10-18;/h5-15H,4,16-17H2,1-3H3,(H2,25,27,28);1H. The van der Waals surface area contributed by atoms with Crippen LogP contribution in [0.5, 0.6) is 17.4 Å². The number of aromatic nitrogens is 1. The summed E-state index contributed by atoms with van der Waals surface area (Å²) in [5.74, 6) is 2.57. The van der Waals surface area contributed by atoms with E-state index in [0.717, 1.165) is 16.8 Å². The van der Waals surface area contributed by atoms with Crippen LogP contribution in [0.3, 0.4) is 0 Å². The van der Waals surface area contributed by atoms with E-state index in [1.54, 1.807) is 20.4 Å². The summed E-state index contributed by atoms with van der Waals surface area (Å²) in [5, 5.41) is 6.56. The van der Waals surface area contributed by atoms with Gasteiger partial charge in [0.25, 0.3) is 0 Å². The molecule has 2 aromatic carbocycles. The van der Waals surface area contributed by atoms with Gasteiger partial charge in [-0.3, -0.25) is 4.99 Å². The van der Waals surface area contributed by atoms with Crippen molar-refractivity contribution in [3.8, 4) is 17.4 Å². The van der Waals surface area contributed by atoms with Crippen molar-refractivity contribution in [2.45, 2.75) is 20.1 Å². The number of rotatable bonds is 9. The van der Waals surface area contributed by atoms with Gasteiger partial charge in [0, 0.05) is 37.1 Å². The molecule has 0 amide bonds. The molecular formula is C24H29IN4O3. The normalized spacial score (nSPS) is 10.7. The Balaban J connectivity index is 0.00000363. The zero-order valence-corrected chi connectivity index (χ0v) is 20.8. The molecule has 0 spiro atoms. The minimum absolute atomic E-state index is 0. The van der Waals surface area contributed by atoms with Gasteiger partial charge in [-0.2, -0.15) is 0 Å². The molecule has 32 heavy (non-hydrogen) atoms. The maximum Gasteiger partial charge on any atom is 0.218 e. The lowest BCUT2D eigenvalue weighted by atomic mass is 10.2. The lowest BCUT2D eigenvalue weighted by Gasteiger charge is -2.15. The summed E-state index contributed by atoms with van der Waals surface area (Å²) in [5.41, 5.74) is 2.86. The number of anilines is 1. The molecule has 8 heteroatoms. The largest absolute Gasteiger partial charge is 0.493 e. The van der Waals surface area contributed by atoms with E-state index in [9.17, 15) is 0 Å². The van der Waals surface area contributed by atoms with Crippen LogP contribution in [0.2, 0.25) is 0 Å². The quantitative estimate of drug-likeness (QED) is 0.226. The number of nitrogens with one attached hydrogen (secondary N) is 2. The number of guanidine groups is 1. The van der Waals surface area contributed by atoms with E-state index < -0.39 is 0 Å². The molecule has 0 bridgehead atoms. The van der Waals surface area contributed by atoms with Gasteiger partial charge in [0.05, 0.1) is 13.7 Å². The first kappa shape index (κ1) is 25.3. The van der Waals surface area contributed by atoms with Gasteiger partial charge < -0.3 is 24.8 Å². The van der Waals surface area contributed by atoms with Crippen LogP contribution in [-0.2, 0) is 13.2 Å². The van der Waals surface area contributed by atoms with Crippen LogP contribution in [0.1, 0.15) is 18.1 Å². The average molecular weight is 548 g/mol. The zero-order chi connectivity index (χ0) is 21.9. The summed E-state index contributed by atoms with van der Waals surface area (Å²) < 4.78 is 16.9. The third kappa shape index (κ3) is 7.30. The summed E-state index contributed by atoms with van der Waals surface area (Å²) in [7, 11) is 3.34. The third-order valence-corrected chi connectivity index (χ3v) is 4.46. The van der Waals surface area contributed by atoms with E-state index in [0.29, 0.717) is 43.1 Å². The molecule has 0 radical (unpaired) electrons. The second-order valence-electron chi connectivity index (χ2n) is 6.59. The van der Waals surface area contributed by atoms with E-state index in [2.05, 4.69) is 20.6 Å². The number of halogens is 1. The van der Waals surface area contributed by atoms with Gasteiger partial charge in [-0.05, 0) is 30.7 Å². The summed E-state index contributed by atoms with van der Waals surface area (Å²) in [6.45, 7) is 3.48. The number of aliphatic imine (C=N–C) groups is 1. The van der Waals surface area contributed by atoms with Crippen LogP contribution >= 0.6 is 24.0 Å². The van der Waals surface area contributed by atoms with Crippen LogP contribution in [0, 0.1) is 0 Å². The highest BCUT2D eigenvalue weighted by molar-refractivity contribution is 14.0. The Morgan fingerprint density at radius 2 is 1.81 bits per heavy atom. The number of nitrogens with zero attached hydrogens (tertiary/aromatic N) is 2. The van der Waals surface area contributed by atoms with Gasteiger partial charge in [-0.15, -0.1) is 24.0 Å². The monoisotopic (exact) mass is 548 g/mol. The van der Waals surface area contributed by atoms with Crippen LogP contribution in [-0.4, -0.2) is 31.7 Å². The first-order chi connectivity index (χ1) is 15.2. The van der Waals surface area contributed by atoms with E-state index in [4.69, 9.17) is 14.2 Å². The van der Waals surface area contributed by atoms with Crippen molar-refractivity contribution in [3.63, 3.8) is 0 Å². The number of hydrogen-bond acceptors (Lipinski definition) is 5. The number of hydrogen-bond donors (Lipinski definition) is 2. The fraction of sp³-hybridized carbons (Fsp3) is 0.250. The molecule has 0 unspecified atom stereocenters. The second kappa shape index (κ2) is 13.4. The van der Waals surface area contributed by atoms with Crippen molar-refractivity contribution in [3.05, 3.63) is 78.0 Å². The molecule has 0 aliphatic carbocycles. The van der Waals surface area contributed by atoms with Crippen molar-refractivity contribution >= 4 is 35.6 Å². The fourth-order valence-electron chi connectivity index (χ4n) is 2.93. The van der Waals surface area contributed by atoms with Crippen molar-refractivity contribution in [1.82, 2.24) is 10.3 Å². The molecule has 1 heterocycles. The first-order valence-corrected chi connectivity index (χ1v) is 10.1. The summed E-state index contributed by atoms with van der Waals surface area (Å²) >= 11 is 0. The number of methoxy groups -OCH3 is 1. The van der Waals surface area contributed by atoms with Gasteiger partial charge in [-0.1, -0.05) is 36.4 Å². The highest BCUT2D eigenvalue weighted by atomic mass is 127. The van der Waals surface area contributed by atoms with E-state index in [1.165, 1.54) is 0 Å². The number of ether oxygens (including phenoxy) is 3. The molecule has 170 valence electrons. The zero-order valence-electron chi connectivity index (χ0n) is 18.5. The van der Waals surface area contributed by atoms with Crippen LogP contribution in [0.15, 0.2) is 71.9 Å². The Morgan fingerprint density at radius 3 is 2.53 bits per heavy atom. The lowest BCUT2D eigenvalue weighted by Crippen LogP contribution is -2.30. The van der Waals surface area contributed by atoms with E-state index in [-0.39, 0.29) is 24.0 Å². The summed E-state index contributed by atoms with van der Waals surface area (Å²) in [4.78, 5) is 8.68. The Bertz CT molecular complexity index is 1000. The molecule has 1 aromatic heterocycles. The third-order valence-electron chi connectivity index (χ3n) is 4.46. The molecular weight excluding hydrogens is 519 g/mol. The Kier molecular flexibility index (Phi) is 10.6. The van der Waals surface area contributed by atoms with Crippen LogP contribution in [0.25, 0.3) is 0 Å². The number of pyridine rings is 1. The Labute approximate surface area is 206 Å². The van der Waals surface area contributed by atoms with Gasteiger partial charge in [-0.25, -0.2) is 4.98 Å². The lowest BCUT2D eigenvalue weighted by molar-refractivity contribution is 0.290. The van der Waals surface area contributed by atoms with Crippen molar-refractivity contribution in [2.24, 2.45) is 4.99 Å². The maximum absolute atomic E-state index is 5.93. The Hall–Kier alpha value is -3.01. The molecule has 0 fully saturated rings. The number of benzene rings is 2. The molecule has 0 atom stereocenters. The Morgan fingerprint density at radius 1 is 1.00 bits per heavy atom. The van der Waals surface area contributed by atoms with Gasteiger partial charge in [0.2, 0.25) is 5.88 Å². The topological polar surface area (TPSA) is 77.0 Å². The predicted molar refractivity (Wildman–Crippen MR) is 138 cm³/mol. The molecule has 0 saturated heterocycles. The smallest absolute Gasteiger partial charge is 0.218 e. The SMILES string of the molecule is CCOc1ccc(NC(=NC)NCc2cccnc2OCc2ccccc2)cc1OC.I. The van der Waals surface area contributed by atoms with Crippen molar-refractivity contribution < 1.29 is 14.2 Å². The van der Waals surface area contributed by atoms with Gasteiger partial charge in [0.1, 0.15) is 6.61 Å². The fourth-order valence-corrected chi connectivity index (χ4v) is 2.93. The average Bonchev–Trinajstić information content (AvgIpc) is 2.82. The molecule has 7 nitrogen and oxygen atoms in total. The first-order valence-electron chi connectivity index (χ1n) is 10.1. The van der Waals surface area contributed by atoms with Crippen molar-refractivity contribution in [1.29, 1.82) is 0 Å². The van der Waals surface area contributed by atoms with Gasteiger partial charge >= 0.3 is 0 Å². The predicted octanol–water partition coefficient (Wildman–Crippen LogP) is 4.87. The molecule has 2 N–H and O–H groups in total. The molecule has 3 aromatic rings. The maximum atomic E-state index is 5.93.